The van der Waals surface area contributed by atoms with Gasteiger partial charge < -0.3 is 9.32 Å². The van der Waals surface area contributed by atoms with Gasteiger partial charge in [0.2, 0.25) is 0 Å². The molecule has 0 aliphatic carbocycles. The number of aromatic nitrogens is 1. The Bertz CT molecular complexity index is 2150. The van der Waals surface area contributed by atoms with Gasteiger partial charge in [0.15, 0.2) is 6.17 Å². The van der Waals surface area contributed by atoms with E-state index in [9.17, 15) is 0 Å². The van der Waals surface area contributed by atoms with Crippen LogP contribution < -0.4 is 4.90 Å². The van der Waals surface area contributed by atoms with Crippen LogP contribution >= 0.6 is 0 Å². The fourth-order valence-electron chi connectivity index (χ4n) is 6.77. The van der Waals surface area contributed by atoms with E-state index in [4.69, 9.17) is 4.42 Å². The van der Waals surface area contributed by atoms with Gasteiger partial charge in [0, 0.05) is 33.6 Å². The highest BCUT2D eigenvalue weighted by molar-refractivity contribution is 6.10. The Labute approximate surface area is 249 Å². The van der Waals surface area contributed by atoms with Gasteiger partial charge >= 0.3 is 0 Å². The molecule has 1 unspecified atom stereocenters. The topological polar surface area (TPSA) is 29.3 Å². The third kappa shape index (κ3) is 3.98. The molecule has 3 heterocycles. The molecule has 5 aromatic carbocycles. The Morgan fingerprint density at radius 2 is 1.47 bits per heavy atom. The first-order valence-electron chi connectivity index (χ1n) is 14.6. The Hall–Kier alpha value is -5.22. The molecule has 0 bridgehead atoms. The number of para-hydroxylation sites is 2. The molecular formula is C39H29FN2O. The number of halogens is 1. The molecule has 0 saturated carbocycles. The van der Waals surface area contributed by atoms with Gasteiger partial charge in [-0.15, -0.1) is 0 Å². The lowest BCUT2D eigenvalue weighted by Crippen LogP contribution is -2.30. The van der Waals surface area contributed by atoms with Crippen molar-refractivity contribution in [1.82, 2.24) is 4.98 Å². The Morgan fingerprint density at radius 1 is 0.698 bits per heavy atom. The van der Waals surface area contributed by atoms with Crippen LogP contribution in [0.2, 0.25) is 0 Å². The predicted molar refractivity (Wildman–Crippen MR) is 173 cm³/mol. The first-order chi connectivity index (χ1) is 21.0. The molecule has 0 spiro atoms. The molecule has 0 amide bonds. The number of benzene rings is 5. The van der Waals surface area contributed by atoms with Crippen molar-refractivity contribution in [1.29, 1.82) is 0 Å². The summed E-state index contributed by atoms with van der Waals surface area (Å²) in [5.74, 6) is 0. The molecule has 1 aliphatic rings. The van der Waals surface area contributed by atoms with Crippen molar-refractivity contribution < 1.29 is 8.81 Å². The van der Waals surface area contributed by atoms with Crippen molar-refractivity contribution in [2.45, 2.75) is 25.4 Å². The van der Waals surface area contributed by atoms with Crippen molar-refractivity contribution in [2.75, 3.05) is 4.90 Å². The van der Waals surface area contributed by atoms with Crippen molar-refractivity contribution >= 4 is 39.0 Å². The van der Waals surface area contributed by atoms with Crippen LogP contribution in [0.25, 0.3) is 33.2 Å². The summed E-state index contributed by atoms with van der Waals surface area (Å²) in [4.78, 5) is 6.73. The van der Waals surface area contributed by atoms with Crippen LogP contribution in [-0.4, -0.2) is 4.98 Å². The van der Waals surface area contributed by atoms with Gasteiger partial charge in [0.25, 0.3) is 0 Å². The third-order valence-corrected chi connectivity index (χ3v) is 8.77. The predicted octanol–water partition coefficient (Wildman–Crippen LogP) is 10.8. The molecule has 43 heavy (non-hydrogen) atoms. The molecule has 208 valence electrons. The van der Waals surface area contributed by atoms with Crippen LogP contribution in [0, 0.1) is 0 Å². The third-order valence-electron chi connectivity index (χ3n) is 8.77. The number of hydrogen-bond acceptors (Lipinski definition) is 3. The number of anilines is 3. The summed E-state index contributed by atoms with van der Waals surface area (Å²) in [7, 11) is 0. The van der Waals surface area contributed by atoms with E-state index in [1.807, 2.05) is 72.8 Å². The van der Waals surface area contributed by atoms with Crippen LogP contribution in [0.3, 0.4) is 0 Å². The Balaban J connectivity index is 1.29. The smallest absolute Gasteiger partial charge is 0.150 e. The van der Waals surface area contributed by atoms with E-state index in [2.05, 4.69) is 78.3 Å². The monoisotopic (exact) mass is 560 g/mol. The van der Waals surface area contributed by atoms with Gasteiger partial charge in [0.05, 0.1) is 17.1 Å². The highest BCUT2D eigenvalue weighted by Gasteiger charge is 2.39. The summed E-state index contributed by atoms with van der Waals surface area (Å²) < 4.78 is 22.6. The van der Waals surface area contributed by atoms with Gasteiger partial charge in [-0.25, -0.2) is 4.39 Å². The second kappa shape index (κ2) is 9.67. The number of furan rings is 1. The van der Waals surface area contributed by atoms with Gasteiger partial charge in [-0.2, -0.15) is 0 Å². The molecule has 0 radical (unpaired) electrons. The van der Waals surface area contributed by atoms with Gasteiger partial charge in [0.1, 0.15) is 11.2 Å². The van der Waals surface area contributed by atoms with E-state index in [-0.39, 0.29) is 5.41 Å². The van der Waals surface area contributed by atoms with E-state index in [0.717, 1.165) is 50.3 Å². The second-order valence-electron chi connectivity index (χ2n) is 11.7. The number of fused-ring (bicyclic) bond motifs is 6. The lowest BCUT2D eigenvalue weighted by molar-refractivity contribution is 0.402. The quantitative estimate of drug-likeness (QED) is 0.214. The molecule has 4 heteroatoms. The Morgan fingerprint density at radius 3 is 2.33 bits per heavy atom. The van der Waals surface area contributed by atoms with Crippen LogP contribution in [0.5, 0.6) is 0 Å². The summed E-state index contributed by atoms with van der Waals surface area (Å²) in [6.45, 7) is 4.57. The van der Waals surface area contributed by atoms with Crippen LogP contribution in [0.1, 0.15) is 42.3 Å². The van der Waals surface area contributed by atoms with Crippen molar-refractivity contribution in [3.63, 3.8) is 0 Å². The van der Waals surface area contributed by atoms with E-state index in [0.29, 0.717) is 11.1 Å². The van der Waals surface area contributed by atoms with Gasteiger partial charge in [-0.3, -0.25) is 4.98 Å². The summed E-state index contributed by atoms with van der Waals surface area (Å²) in [5, 5.41) is 2.23. The molecule has 2 aromatic heterocycles. The SMILES string of the molecule is CC1(C)c2ccccc2N(c2cccc(C(F)c3cccc(-c4ccccn4)c3)c2)c2ccc3oc4ccccc4c3c21. The Kier molecular flexibility index (Phi) is 5.73. The summed E-state index contributed by atoms with van der Waals surface area (Å²) in [5.41, 5.74) is 9.90. The van der Waals surface area contributed by atoms with Crippen molar-refractivity contribution in [3.8, 4) is 11.3 Å². The first kappa shape index (κ1) is 25.5. The summed E-state index contributed by atoms with van der Waals surface area (Å²) in [6, 6.07) is 42.2. The maximum Gasteiger partial charge on any atom is 0.150 e. The first-order valence-corrected chi connectivity index (χ1v) is 14.6. The average Bonchev–Trinajstić information content (AvgIpc) is 3.44. The van der Waals surface area contributed by atoms with E-state index < -0.39 is 6.17 Å². The number of alkyl halides is 1. The second-order valence-corrected chi connectivity index (χ2v) is 11.7. The van der Waals surface area contributed by atoms with Crippen LogP contribution in [-0.2, 0) is 5.41 Å². The normalized spacial score (nSPS) is 14.4. The summed E-state index contributed by atoms with van der Waals surface area (Å²) >= 11 is 0. The van der Waals surface area contributed by atoms with Crippen LogP contribution in [0.4, 0.5) is 21.5 Å². The largest absolute Gasteiger partial charge is 0.456 e. The molecule has 1 aliphatic heterocycles. The summed E-state index contributed by atoms with van der Waals surface area (Å²) in [6.07, 6.45) is 0.466. The minimum absolute atomic E-state index is 0.291. The molecular weight excluding hydrogens is 531 g/mol. The minimum Gasteiger partial charge on any atom is -0.456 e. The zero-order valence-corrected chi connectivity index (χ0v) is 24.0. The molecule has 7 aromatic rings. The zero-order chi connectivity index (χ0) is 29.1. The molecule has 1 atom stereocenters. The molecule has 8 rings (SSSR count). The average molecular weight is 561 g/mol. The maximum absolute atomic E-state index is 16.3. The fourth-order valence-corrected chi connectivity index (χ4v) is 6.77. The van der Waals surface area contributed by atoms with Crippen LogP contribution in [0.15, 0.2) is 138 Å². The standard InChI is InChI=1S/C39H29FN2O/c1-39(2)30-16-4-5-18-32(30)42(33-20-21-35-36(37(33)39)29-15-3-6-19-34(29)43-35)28-14-10-13-27(24-28)38(40)26-12-9-11-25(23-26)31-17-7-8-22-41-31/h3-24,38H,1-2H3. The molecule has 0 N–H and O–H groups in total. The van der Waals surface area contributed by atoms with Gasteiger partial charge in [-0.05, 0) is 76.9 Å². The van der Waals surface area contributed by atoms with E-state index in [1.165, 1.54) is 11.1 Å². The highest BCUT2D eigenvalue weighted by atomic mass is 19.1. The van der Waals surface area contributed by atoms with Crippen molar-refractivity contribution in [3.05, 3.63) is 156 Å². The molecule has 0 fully saturated rings. The number of rotatable bonds is 4. The minimum atomic E-state index is -1.29. The zero-order valence-electron chi connectivity index (χ0n) is 24.0. The van der Waals surface area contributed by atoms with Crippen molar-refractivity contribution in [2.24, 2.45) is 0 Å². The fraction of sp³-hybridized carbons (Fsp3) is 0.103. The molecule has 0 saturated heterocycles. The number of nitrogens with zero attached hydrogens (tertiary/aromatic N) is 2. The number of hydrogen-bond donors (Lipinski definition) is 0. The maximum atomic E-state index is 16.3. The van der Waals surface area contributed by atoms with E-state index in [1.54, 1.807) is 6.20 Å². The lowest BCUT2D eigenvalue weighted by Gasteiger charge is -2.42. The van der Waals surface area contributed by atoms with E-state index >= 15 is 4.39 Å². The highest BCUT2D eigenvalue weighted by Crippen LogP contribution is 2.55. The van der Waals surface area contributed by atoms with Gasteiger partial charge in [-0.1, -0.05) is 86.6 Å². The number of pyridine rings is 1. The molecule has 3 nitrogen and oxygen atoms in total. The lowest BCUT2D eigenvalue weighted by atomic mass is 9.72.